The molecule has 1 amide bonds. The number of halogens is 1. The van der Waals surface area contributed by atoms with E-state index in [0.29, 0.717) is 27.9 Å². The Morgan fingerprint density at radius 2 is 2.05 bits per heavy atom. The van der Waals surface area contributed by atoms with Crippen LogP contribution in [0.5, 0.6) is 0 Å². The van der Waals surface area contributed by atoms with Crippen LogP contribution in [-0.4, -0.2) is 10.9 Å². The second-order valence-electron chi connectivity index (χ2n) is 4.82. The highest BCUT2D eigenvalue weighted by molar-refractivity contribution is 6.09. The van der Waals surface area contributed by atoms with Gasteiger partial charge in [0.25, 0.3) is 5.91 Å². The predicted octanol–water partition coefficient (Wildman–Crippen LogP) is 3.84. The van der Waals surface area contributed by atoms with Gasteiger partial charge in [0.2, 0.25) is 0 Å². The standard InChI is InChI=1S/C16H13FN2O2/c1-9-7-15(13-8-11(17)3-4-14(13)18-9)19-16(20)12-5-6-21-10(12)2/h3-8H,1-2H3,(H,18,19,20). The van der Waals surface area contributed by atoms with Crippen molar-refractivity contribution in [2.75, 3.05) is 5.32 Å². The van der Waals surface area contributed by atoms with E-state index in [0.717, 1.165) is 5.69 Å². The van der Waals surface area contributed by atoms with E-state index in [-0.39, 0.29) is 11.7 Å². The van der Waals surface area contributed by atoms with Crippen molar-refractivity contribution < 1.29 is 13.6 Å². The Bertz CT molecular complexity index is 839. The van der Waals surface area contributed by atoms with Crippen LogP contribution < -0.4 is 5.32 Å². The Morgan fingerprint density at radius 3 is 2.76 bits per heavy atom. The number of amides is 1. The molecule has 1 N–H and O–H groups in total. The van der Waals surface area contributed by atoms with Gasteiger partial charge < -0.3 is 9.73 Å². The molecule has 0 fully saturated rings. The number of fused-ring (bicyclic) bond motifs is 1. The number of hydrogen-bond acceptors (Lipinski definition) is 3. The van der Waals surface area contributed by atoms with Gasteiger partial charge in [-0.15, -0.1) is 0 Å². The number of pyridine rings is 1. The fourth-order valence-electron chi connectivity index (χ4n) is 2.24. The first kappa shape index (κ1) is 13.3. The zero-order valence-electron chi connectivity index (χ0n) is 11.6. The lowest BCUT2D eigenvalue weighted by molar-refractivity contribution is 0.102. The Morgan fingerprint density at radius 1 is 1.24 bits per heavy atom. The SMILES string of the molecule is Cc1cc(NC(=O)c2ccoc2C)c2cc(F)ccc2n1. The quantitative estimate of drug-likeness (QED) is 0.778. The van der Waals surface area contributed by atoms with E-state index in [2.05, 4.69) is 10.3 Å². The highest BCUT2D eigenvalue weighted by atomic mass is 19.1. The van der Waals surface area contributed by atoms with Crippen LogP contribution in [-0.2, 0) is 0 Å². The second kappa shape index (κ2) is 5.01. The first-order chi connectivity index (χ1) is 10.0. The topological polar surface area (TPSA) is 55.1 Å². The van der Waals surface area contributed by atoms with Crippen LogP contribution in [0, 0.1) is 19.7 Å². The fraction of sp³-hybridized carbons (Fsp3) is 0.125. The summed E-state index contributed by atoms with van der Waals surface area (Å²) < 4.78 is 18.6. The minimum atomic E-state index is -0.372. The highest BCUT2D eigenvalue weighted by Gasteiger charge is 2.14. The van der Waals surface area contributed by atoms with E-state index in [1.54, 1.807) is 25.1 Å². The molecule has 2 aromatic heterocycles. The van der Waals surface area contributed by atoms with E-state index in [9.17, 15) is 9.18 Å². The van der Waals surface area contributed by atoms with Crippen molar-refractivity contribution in [3.8, 4) is 0 Å². The molecular weight excluding hydrogens is 271 g/mol. The maximum atomic E-state index is 13.4. The number of aromatic nitrogens is 1. The monoisotopic (exact) mass is 284 g/mol. The number of nitrogens with one attached hydrogen (secondary N) is 1. The number of carbonyl (C=O) groups is 1. The van der Waals surface area contributed by atoms with Crippen LogP contribution in [0.2, 0.25) is 0 Å². The van der Waals surface area contributed by atoms with Crippen molar-refractivity contribution in [1.82, 2.24) is 4.98 Å². The van der Waals surface area contributed by atoms with Gasteiger partial charge in [0, 0.05) is 11.1 Å². The average molecular weight is 284 g/mol. The van der Waals surface area contributed by atoms with Gasteiger partial charge in [0.15, 0.2) is 0 Å². The molecule has 0 bridgehead atoms. The maximum absolute atomic E-state index is 13.4. The molecule has 106 valence electrons. The van der Waals surface area contributed by atoms with Crippen LogP contribution >= 0.6 is 0 Å². The summed E-state index contributed by atoms with van der Waals surface area (Å²) in [6, 6.07) is 7.62. The van der Waals surface area contributed by atoms with Crippen molar-refractivity contribution in [3.05, 3.63) is 59.4 Å². The summed E-state index contributed by atoms with van der Waals surface area (Å²) in [5, 5.41) is 3.36. The smallest absolute Gasteiger partial charge is 0.259 e. The minimum Gasteiger partial charge on any atom is -0.469 e. The van der Waals surface area contributed by atoms with Gasteiger partial charge in [-0.1, -0.05) is 0 Å². The third kappa shape index (κ3) is 2.50. The summed E-state index contributed by atoms with van der Waals surface area (Å²) in [6.07, 6.45) is 1.46. The molecule has 5 heteroatoms. The fourth-order valence-corrected chi connectivity index (χ4v) is 2.24. The van der Waals surface area contributed by atoms with E-state index in [1.807, 2.05) is 6.92 Å². The number of aryl methyl sites for hydroxylation is 2. The number of benzene rings is 1. The normalized spacial score (nSPS) is 10.8. The Hall–Kier alpha value is -2.69. The van der Waals surface area contributed by atoms with Crippen molar-refractivity contribution >= 4 is 22.5 Å². The molecule has 0 atom stereocenters. The summed E-state index contributed by atoms with van der Waals surface area (Å²) in [7, 11) is 0. The first-order valence-electron chi connectivity index (χ1n) is 6.47. The minimum absolute atomic E-state index is 0.294. The van der Waals surface area contributed by atoms with Crippen LogP contribution in [0.4, 0.5) is 10.1 Å². The number of rotatable bonds is 2. The number of furan rings is 1. The largest absolute Gasteiger partial charge is 0.469 e. The zero-order valence-corrected chi connectivity index (χ0v) is 11.6. The molecule has 2 heterocycles. The third-order valence-corrected chi connectivity index (χ3v) is 3.25. The van der Waals surface area contributed by atoms with E-state index in [4.69, 9.17) is 4.42 Å². The average Bonchev–Trinajstić information content (AvgIpc) is 2.86. The second-order valence-corrected chi connectivity index (χ2v) is 4.82. The number of anilines is 1. The van der Waals surface area contributed by atoms with Gasteiger partial charge in [0.05, 0.1) is 23.0 Å². The van der Waals surface area contributed by atoms with Gasteiger partial charge in [-0.3, -0.25) is 9.78 Å². The molecule has 21 heavy (non-hydrogen) atoms. The molecule has 0 radical (unpaired) electrons. The highest BCUT2D eigenvalue weighted by Crippen LogP contribution is 2.25. The molecule has 4 nitrogen and oxygen atoms in total. The molecule has 1 aromatic carbocycles. The Labute approximate surface area is 120 Å². The first-order valence-corrected chi connectivity index (χ1v) is 6.47. The van der Waals surface area contributed by atoms with Gasteiger partial charge >= 0.3 is 0 Å². The third-order valence-electron chi connectivity index (χ3n) is 3.25. The van der Waals surface area contributed by atoms with Crippen molar-refractivity contribution in [1.29, 1.82) is 0 Å². The Balaban J connectivity index is 2.06. The lowest BCUT2D eigenvalue weighted by Gasteiger charge is -2.09. The number of nitrogens with zero attached hydrogens (tertiary/aromatic N) is 1. The molecule has 0 spiro atoms. The Kier molecular flexibility index (Phi) is 3.17. The van der Waals surface area contributed by atoms with E-state index >= 15 is 0 Å². The van der Waals surface area contributed by atoms with Crippen molar-refractivity contribution in [2.45, 2.75) is 13.8 Å². The molecule has 0 aliphatic rings. The summed E-state index contributed by atoms with van der Waals surface area (Å²) in [4.78, 5) is 16.6. The van der Waals surface area contributed by atoms with Crippen molar-refractivity contribution in [3.63, 3.8) is 0 Å². The summed E-state index contributed by atoms with van der Waals surface area (Å²) in [5.74, 6) is -0.130. The molecule has 3 aromatic rings. The van der Waals surface area contributed by atoms with E-state index in [1.165, 1.54) is 18.4 Å². The number of carbonyl (C=O) groups excluding carboxylic acids is 1. The predicted molar refractivity (Wildman–Crippen MR) is 77.8 cm³/mol. The van der Waals surface area contributed by atoms with Crippen LogP contribution in [0.3, 0.4) is 0 Å². The summed E-state index contributed by atoms with van der Waals surface area (Å²) in [6.45, 7) is 3.53. The molecule has 0 saturated carbocycles. The van der Waals surface area contributed by atoms with Crippen LogP contribution in [0.15, 0.2) is 41.0 Å². The van der Waals surface area contributed by atoms with E-state index < -0.39 is 0 Å². The molecule has 0 unspecified atom stereocenters. The van der Waals surface area contributed by atoms with Crippen LogP contribution in [0.1, 0.15) is 21.8 Å². The lowest BCUT2D eigenvalue weighted by atomic mass is 10.1. The van der Waals surface area contributed by atoms with Gasteiger partial charge in [-0.2, -0.15) is 0 Å². The maximum Gasteiger partial charge on any atom is 0.259 e. The van der Waals surface area contributed by atoms with Crippen molar-refractivity contribution in [2.24, 2.45) is 0 Å². The van der Waals surface area contributed by atoms with Crippen LogP contribution in [0.25, 0.3) is 10.9 Å². The summed E-state index contributed by atoms with van der Waals surface area (Å²) in [5.41, 5.74) is 2.36. The molecule has 0 aliphatic heterocycles. The summed E-state index contributed by atoms with van der Waals surface area (Å²) >= 11 is 0. The van der Waals surface area contributed by atoms with Gasteiger partial charge in [-0.05, 0) is 44.2 Å². The van der Waals surface area contributed by atoms with Gasteiger partial charge in [0.1, 0.15) is 11.6 Å². The lowest BCUT2D eigenvalue weighted by Crippen LogP contribution is -2.12. The van der Waals surface area contributed by atoms with Gasteiger partial charge in [-0.25, -0.2) is 4.39 Å². The number of hydrogen-bond donors (Lipinski definition) is 1. The molecule has 3 rings (SSSR count). The molecule has 0 aliphatic carbocycles. The molecule has 0 saturated heterocycles. The molecular formula is C16H13FN2O2. The zero-order chi connectivity index (χ0) is 15.0.